The monoisotopic (exact) mass is 497 g/mol. The van der Waals surface area contributed by atoms with Crippen molar-refractivity contribution in [3.63, 3.8) is 0 Å². The van der Waals surface area contributed by atoms with Crippen LogP contribution in [0.25, 0.3) is 0 Å². The molecule has 4 N–H and O–H groups in total. The highest BCUT2D eigenvalue weighted by atomic mass is 19.1. The van der Waals surface area contributed by atoms with Gasteiger partial charge in [0.05, 0.1) is 11.2 Å². The maximum atomic E-state index is 13.2. The van der Waals surface area contributed by atoms with Gasteiger partial charge in [-0.2, -0.15) is 0 Å². The maximum Gasteiger partial charge on any atom is 0.494 e. The van der Waals surface area contributed by atoms with E-state index in [1.54, 1.807) is 0 Å². The van der Waals surface area contributed by atoms with Crippen LogP contribution in [0, 0.1) is 5.82 Å². The van der Waals surface area contributed by atoms with Crippen LogP contribution in [-0.4, -0.2) is 48.1 Å². The molecule has 0 bridgehead atoms. The zero-order valence-corrected chi connectivity index (χ0v) is 21.3. The fourth-order valence-electron chi connectivity index (χ4n) is 3.83. The van der Waals surface area contributed by atoms with Crippen LogP contribution < -0.4 is 21.8 Å². The lowest BCUT2D eigenvalue weighted by Crippen LogP contribution is -2.54. The van der Waals surface area contributed by atoms with E-state index in [9.17, 15) is 18.8 Å². The molecule has 8 nitrogen and oxygen atoms in total. The average Bonchev–Trinajstić information content (AvgIpc) is 3.01. The maximum absolute atomic E-state index is 13.2. The molecule has 1 aliphatic heterocycles. The molecule has 1 fully saturated rings. The Hall–Kier alpha value is -3.24. The van der Waals surface area contributed by atoms with E-state index in [1.807, 2.05) is 52.0 Å². The third-order valence-corrected chi connectivity index (χ3v) is 6.65. The number of amides is 3. The minimum Gasteiger partial charge on any atom is -0.399 e. The predicted molar refractivity (Wildman–Crippen MR) is 135 cm³/mol. The van der Waals surface area contributed by atoms with E-state index < -0.39 is 53.9 Å². The summed E-state index contributed by atoms with van der Waals surface area (Å²) in [7, 11) is -0.513. The van der Waals surface area contributed by atoms with Crippen LogP contribution in [0.15, 0.2) is 48.5 Å². The first-order chi connectivity index (χ1) is 16.8. The molecule has 192 valence electrons. The lowest BCUT2D eigenvalue weighted by molar-refractivity contribution is -0.130. The molecule has 0 aliphatic carbocycles. The average molecular weight is 497 g/mol. The number of carbonyl (C=O) groups is 3. The fourth-order valence-corrected chi connectivity index (χ4v) is 3.83. The van der Waals surface area contributed by atoms with Gasteiger partial charge in [0.25, 0.3) is 0 Å². The van der Waals surface area contributed by atoms with Crippen LogP contribution in [0.2, 0.25) is 0 Å². The van der Waals surface area contributed by atoms with Crippen molar-refractivity contribution in [2.45, 2.75) is 70.7 Å². The normalized spacial score (nSPS) is 17.8. The van der Waals surface area contributed by atoms with Crippen LogP contribution in [0.5, 0.6) is 0 Å². The molecular formula is C26H33BFN3O5. The van der Waals surface area contributed by atoms with Crippen LogP contribution >= 0.6 is 0 Å². The van der Waals surface area contributed by atoms with E-state index in [1.165, 1.54) is 31.2 Å². The topological polar surface area (TPSA) is 120 Å². The number of benzene rings is 2. The predicted octanol–water partition coefficient (Wildman–Crippen LogP) is 1.38. The lowest BCUT2D eigenvalue weighted by atomic mass is 9.78. The highest BCUT2D eigenvalue weighted by Gasteiger charge is 2.51. The highest BCUT2D eigenvalue weighted by Crippen LogP contribution is 2.36. The molecule has 2 aromatic rings. The van der Waals surface area contributed by atoms with Gasteiger partial charge in [-0.05, 0) is 56.4 Å². The number of primary amides is 1. The first-order valence-electron chi connectivity index (χ1n) is 11.8. The number of halogens is 1. The molecule has 0 spiro atoms. The lowest BCUT2D eigenvalue weighted by Gasteiger charge is -2.32. The van der Waals surface area contributed by atoms with Gasteiger partial charge < -0.3 is 25.7 Å². The van der Waals surface area contributed by atoms with Gasteiger partial charge in [-0.15, -0.1) is 0 Å². The summed E-state index contributed by atoms with van der Waals surface area (Å²) >= 11 is 0. The largest absolute Gasteiger partial charge is 0.494 e. The summed E-state index contributed by atoms with van der Waals surface area (Å²) in [5, 5.41) is 5.22. The summed E-state index contributed by atoms with van der Waals surface area (Å²) in [6.45, 7) is 9.20. The molecule has 1 heterocycles. The third-order valence-electron chi connectivity index (χ3n) is 6.65. The number of hydrogen-bond acceptors (Lipinski definition) is 5. The summed E-state index contributed by atoms with van der Waals surface area (Å²) in [6, 6.07) is 11.0. The van der Waals surface area contributed by atoms with E-state index in [-0.39, 0.29) is 12.8 Å². The molecule has 1 aliphatic rings. The van der Waals surface area contributed by atoms with Gasteiger partial charge >= 0.3 is 7.12 Å². The molecule has 0 aromatic heterocycles. The summed E-state index contributed by atoms with van der Waals surface area (Å²) in [5.74, 6) is -2.09. The van der Waals surface area contributed by atoms with Crippen molar-refractivity contribution < 1.29 is 28.1 Å². The molecule has 3 rings (SSSR count). The van der Waals surface area contributed by atoms with Gasteiger partial charge in [0.1, 0.15) is 17.9 Å². The Kier molecular flexibility index (Phi) is 8.21. The zero-order valence-electron chi connectivity index (χ0n) is 21.3. The number of nitrogens with two attached hydrogens (primary N) is 1. The van der Waals surface area contributed by atoms with Crippen molar-refractivity contribution in [1.29, 1.82) is 0 Å². The molecule has 10 heteroatoms. The van der Waals surface area contributed by atoms with Gasteiger partial charge in [-0.1, -0.05) is 36.4 Å². The summed E-state index contributed by atoms with van der Waals surface area (Å²) in [5.41, 5.74) is 6.90. The second-order valence-electron chi connectivity index (χ2n) is 10.1. The van der Waals surface area contributed by atoms with E-state index >= 15 is 0 Å². The van der Waals surface area contributed by atoms with Crippen molar-refractivity contribution >= 4 is 30.3 Å². The van der Waals surface area contributed by atoms with Crippen molar-refractivity contribution in [3.8, 4) is 0 Å². The second kappa shape index (κ2) is 10.8. The Morgan fingerprint density at radius 1 is 0.861 bits per heavy atom. The fraction of sp³-hybridized carbons (Fsp3) is 0.423. The molecular weight excluding hydrogens is 464 g/mol. The van der Waals surface area contributed by atoms with Gasteiger partial charge in [-0.3, -0.25) is 14.4 Å². The summed E-state index contributed by atoms with van der Waals surface area (Å²) < 4.78 is 25.4. The highest BCUT2D eigenvalue weighted by molar-refractivity contribution is 6.62. The number of rotatable bonds is 9. The van der Waals surface area contributed by atoms with Crippen LogP contribution in [0.4, 0.5) is 4.39 Å². The summed E-state index contributed by atoms with van der Waals surface area (Å²) in [6.07, 6.45) is 0.286. The van der Waals surface area contributed by atoms with Crippen molar-refractivity contribution in [2.24, 2.45) is 5.73 Å². The number of nitrogens with one attached hydrogen (secondary N) is 2. The number of hydrogen-bond donors (Lipinski definition) is 3. The number of carbonyl (C=O) groups excluding carboxylic acids is 3. The summed E-state index contributed by atoms with van der Waals surface area (Å²) in [4.78, 5) is 36.8. The Labute approximate surface area is 211 Å². The molecule has 3 amide bonds. The van der Waals surface area contributed by atoms with Crippen molar-refractivity contribution in [3.05, 3.63) is 65.5 Å². The Morgan fingerprint density at radius 2 is 1.33 bits per heavy atom. The Morgan fingerprint density at radius 3 is 1.81 bits per heavy atom. The minimum atomic E-state index is -0.996. The van der Waals surface area contributed by atoms with E-state index in [4.69, 9.17) is 15.0 Å². The van der Waals surface area contributed by atoms with Gasteiger partial charge in [0.15, 0.2) is 0 Å². The quantitative estimate of drug-likeness (QED) is 0.453. The molecule has 0 radical (unpaired) electrons. The third kappa shape index (κ3) is 6.70. The first-order valence-corrected chi connectivity index (χ1v) is 11.8. The molecule has 0 unspecified atom stereocenters. The Balaban J connectivity index is 1.68. The molecule has 2 aromatic carbocycles. The molecule has 2 atom stereocenters. The van der Waals surface area contributed by atoms with Crippen LogP contribution in [0.1, 0.15) is 45.7 Å². The zero-order chi connectivity index (χ0) is 26.7. The Bertz CT molecular complexity index is 1090. The van der Waals surface area contributed by atoms with Gasteiger partial charge in [0.2, 0.25) is 17.7 Å². The standard InChI is InChI=1S/C26H33BFN3O5/c1-16(32)30-22(15-18-8-12-20(28)13-9-18)24(34)31-21(23(29)33)14-17-6-10-19(11-7-17)27-35-25(2,3)26(4,5)36-27/h6-13,21-22H,14-15H2,1-5H3,(H2,29,33)(H,30,32)(H,31,34)/t21-,22-/m1/s1. The van der Waals surface area contributed by atoms with Crippen molar-refractivity contribution in [1.82, 2.24) is 10.6 Å². The molecule has 36 heavy (non-hydrogen) atoms. The van der Waals surface area contributed by atoms with Gasteiger partial charge in [-0.25, -0.2) is 4.39 Å². The molecule has 0 saturated carbocycles. The SMILES string of the molecule is CC(=O)N[C@H](Cc1ccc(F)cc1)C(=O)N[C@H](Cc1ccc(B2OC(C)(C)C(C)(C)O2)cc1)C(N)=O. The van der Waals surface area contributed by atoms with Crippen LogP contribution in [0.3, 0.4) is 0 Å². The smallest absolute Gasteiger partial charge is 0.399 e. The minimum absolute atomic E-state index is 0.125. The van der Waals surface area contributed by atoms with E-state index in [0.717, 1.165) is 11.0 Å². The van der Waals surface area contributed by atoms with Crippen LogP contribution in [-0.2, 0) is 36.5 Å². The molecule has 1 saturated heterocycles. The first kappa shape index (κ1) is 27.4. The van der Waals surface area contributed by atoms with E-state index in [2.05, 4.69) is 10.6 Å². The van der Waals surface area contributed by atoms with E-state index in [0.29, 0.717) is 5.56 Å². The van der Waals surface area contributed by atoms with Gasteiger partial charge in [0, 0.05) is 19.8 Å². The second-order valence-corrected chi connectivity index (χ2v) is 10.1. The van der Waals surface area contributed by atoms with Crippen molar-refractivity contribution in [2.75, 3.05) is 0 Å².